The maximum absolute atomic E-state index is 13.5. The van der Waals surface area contributed by atoms with Crippen LogP contribution in [0.15, 0.2) is 72.1 Å². The van der Waals surface area contributed by atoms with Crippen molar-refractivity contribution in [2.45, 2.75) is 19.4 Å². The second-order valence-corrected chi connectivity index (χ2v) is 8.92. The molecule has 0 bridgehead atoms. The molecular weight excluding hydrogens is 434 g/mol. The van der Waals surface area contributed by atoms with Gasteiger partial charge in [0.25, 0.3) is 5.91 Å². The van der Waals surface area contributed by atoms with Crippen LogP contribution in [0.4, 0.5) is 0 Å². The summed E-state index contributed by atoms with van der Waals surface area (Å²) in [6, 6.07) is 21.7. The van der Waals surface area contributed by atoms with Crippen LogP contribution in [0.25, 0.3) is 11.6 Å². The molecule has 0 aliphatic carbocycles. The Morgan fingerprint density at radius 1 is 1.03 bits per heavy atom. The number of nitrogens with zero attached hydrogens (tertiary/aromatic N) is 1. The van der Waals surface area contributed by atoms with Crippen molar-refractivity contribution in [2.24, 2.45) is 5.92 Å². The van der Waals surface area contributed by atoms with Gasteiger partial charge in [-0.05, 0) is 53.6 Å². The van der Waals surface area contributed by atoms with Gasteiger partial charge in [-0.25, -0.2) is 0 Å². The van der Waals surface area contributed by atoms with E-state index in [0.29, 0.717) is 38.1 Å². The van der Waals surface area contributed by atoms with Gasteiger partial charge in [-0.15, -0.1) is 11.3 Å². The fraction of sp³-hybridized carbons (Fsp3) is 0.259. The minimum absolute atomic E-state index is 0.0172. The number of rotatable bonds is 7. The highest BCUT2D eigenvalue weighted by atomic mass is 32.1. The zero-order chi connectivity index (χ0) is 23.0. The summed E-state index contributed by atoms with van der Waals surface area (Å²) >= 11 is 1.54. The van der Waals surface area contributed by atoms with E-state index in [1.54, 1.807) is 11.3 Å². The van der Waals surface area contributed by atoms with Crippen molar-refractivity contribution >= 4 is 34.9 Å². The predicted octanol–water partition coefficient (Wildman–Crippen LogP) is 5.28. The Labute approximate surface area is 198 Å². The second-order valence-electron chi connectivity index (χ2n) is 7.97. The van der Waals surface area contributed by atoms with E-state index in [2.05, 4.69) is 0 Å². The van der Waals surface area contributed by atoms with Crippen molar-refractivity contribution in [3.63, 3.8) is 0 Å². The van der Waals surface area contributed by atoms with Gasteiger partial charge in [0.2, 0.25) is 0 Å². The smallest absolute Gasteiger partial charge is 0.308 e. The van der Waals surface area contributed by atoms with E-state index in [0.717, 1.165) is 21.8 Å². The van der Waals surface area contributed by atoms with E-state index in [4.69, 9.17) is 9.47 Å². The SMILES string of the molecule is COC(=O)C1CCN(C(=O)C(=Cc2cccc(OCc3ccccc3)c2)c2cccs2)CC1. The highest BCUT2D eigenvalue weighted by molar-refractivity contribution is 7.11. The molecule has 0 N–H and O–H groups in total. The molecule has 1 fully saturated rings. The van der Waals surface area contributed by atoms with E-state index in [-0.39, 0.29) is 17.8 Å². The van der Waals surface area contributed by atoms with Gasteiger partial charge in [0.05, 0.1) is 18.6 Å². The lowest BCUT2D eigenvalue weighted by atomic mass is 9.96. The van der Waals surface area contributed by atoms with E-state index in [1.807, 2.05) is 83.1 Å². The number of ether oxygens (including phenoxy) is 2. The lowest BCUT2D eigenvalue weighted by molar-refractivity contribution is -0.148. The van der Waals surface area contributed by atoms with Crippen LogP contribution in [0.3, 0.4) is 0 Å². The van der Waals surface area contributed by atoms with E-state index >= 15 is 0 Å². The normalized spacial score (nSPS) is 14.7. The zero-order valence-electron chi connectivity index (χ0n) is 18.6. The number of methoxy groups -OCH3 is 1. The average Bonchev–Trinajstić information content (AvgIpc) is 3.41. The van der Waals surface area contributed by atoms with Gasteiger partial charge >= 0.3 is 5.97 Å². The number of carbonyl (C=O) groups is 2. The Bertz CT molecular complexity index is 1100. The topological polar surface area (TPSA) is 55.8 Å². The van der Waals surface area contributed by atoms with Crippen LogP contribution in [-0.2, 0) is 20.9 Å². The molecule has 1 aliphatic rings. The minimum Gasteiger partial charge on any atom is -0.489 e. The summed E-state index contributed by atoms with van der Waals surface area (Å²) < 4.78 is 10.8. The molecule has 1 aliphatic heterocycles. The molecule has 33 heavy (non-hydrogen) atoms. The first-order chi connectivity index (χ1) is 16.1. The Morgan fingerprint density at radius 2 is 1.82 bits per heavy atom. The van der Waals surface area contributed by atoms with Crippen molar-refractivity contribution in [3.8, 4) is 5.75 Å². The Kier molecular flexibility index (Phi) is 7.58. The fourth-order valence-corrected chi connectivity index (χ4v) is 4.66. The molecule has 2 aromatic carbocycles. The molecule has 0 radical (unpaired) electrons. The summed E-state index contributed by atoms with van der Waals surface area (Å²) in [4.78, 5) is 28.0. The first-order valence-corrected chi connectivity index (χ1v) is 11.9. The molecule has 1 amide bonds. The number of hydrogen-bond donors (Lipinski definition) is 0. The van der Waals surface area contributed by atoms with E-state index in [9.17, 15) is 9.59 Å². The number of carbonyl (C=O) groups excluding carboxylic acids is 2. The van der Waals surface area contributed by atoms with Crippen LogP contribution >= 0.6 is 11.3 Å². The van der Waals surface area contributed by atoms with Crippen molar-refractivity contribution in [3.05, 3.63) is 88.1 Å². The third-order valence-electron chi connectivity index (χ3n) is 5.75. The third-order valence-corrected chi connectivity index (χ3v) is 6.65. The number of esters is 1. The standard InChI is InChI=1S/C27H27NO4S/c1-31-27(30)22-12-14-28(15-13-22)26(29)24(25-11-6-16-33-25)18-21-9-5-10-23(17-21)32-19-20-7-3-2-4-8-20/h2-11,16-18,22H,12-15,19H2,1H3. The first kappa shape index (κ1) is 22.8. The molecule has 4 rings (SSSR count). The Hall–Kier alpha value is -3.38. The first-order valence-electron chi connectivity index (χ1n) is 11.0. The van der Waals surface area contributed by atoms with Gasteiger partial charge in [0.1, 0.15) is 12.4 Å². The van der Waals surface area contributed by atoms with Crippen LogP contribution < -0.4 is 4.74 Å². The van der Waals surface area contributed by atoms with Crippen molar-refractivity contribution in [1.29, 1.82) is 0 Å². The molecule has 5 nitrogen and oxygen atoms in total. The van der Waals surface area contributed by atoms with Crippen molar-refractivity contribution in [1.82, 2.24) is 4.90 Å². The fourth-order valence-electron chi connectivity index (χ4n) is 3.93. The zero-order valence-corrected chi connectivity index (χ0v) is 19.4. The molecule has 0 atom stereocenters. The molecule has 3 aromatic rings. The number of likely N-dealkylation sites (tertiary alicyclic amines) is 1. The summed E-state index contributed by atoms with van der Waals surface area (Å²) in [6.45, 7) is 1.57. The van der Waals surface area contributed by atoms with Gasteiger partial charge in [0, 0.05) is 18.0 Å². The monoisotopic (exact) mass is 461 g/mol. The lowest BCUT2D eigenvalue weighted by Crippen LogP contribution is -2.40. The molecule has 1 saturated heterocycles. The second kappa shape index (κ2) is 11.0. The van der Waals surface area contributed by atoms with Gasteiger partial charge in [-0.1, -0.05) is 48.5 Å². The summed E-state index contributed by atoms with van der Waals surface area (Å²) in [7, 11) is 1.41. The largest absolute Gasteiger partial charge is 0.489 e. The minimum atomic E-state index is -0.191. The molecule has 2 heterocycles. The van der Waals surface area contributed by atoms with Crippen molar-refractivity contribution in [2.75, 3.05) is 20.2 Å². The highest BCUT2D eigenvalue weighted by Gasteiger charge is 2.29. The number of thiophene rings is 1. The summed E-state index contributed by atoms with van der Waals surface area (Å²) in [5, 5.41) is 1.97. The summed E-state index contributed by atoms with van der Waals surface area (Å²) in [6.07, 6.45) is 3.17. The van der Waals surface area contributed by atoms with Crippen LogP contribution in [0.2, 0.25) is 0 Å². The Morgan fingerprint density at radius 3 is 2.52 bits per heavy atom. The predicted molar refractivity (Wildman–Crippen MR) is 131 cm³/mol. The quantitative estimate of drug-likeness (QED) is 0.355. The lowest BCUT2D eigenvalue weighted by Gasteiger charge is -2.31. The molecule has 0 saturated carbocycles. The van der Waals surface area contributed by atoms with E-state index < -0.39 is 0 Å². The number of benzene rings is 2. The third kappa shape index (κ3) is 5.90. The van der Waals surface area contributed by atoms with Gasteiger partial charge in [-0.3, -0.25) is 9.59 Å². The Balaban J connectivity index is 1.51. The average molecular weight is 462 g/mol. The van der Waals surface area contributed by atoms with Gasteiger partial charge in [0.15, 0.2) is 0 Å². The van der Waals surface area contributed by atoms with Gasteiger partial charge in [-0.2, -0.15) is 0 Å². The van der Waals surface area contributed by atoms with Crippen LogP contribution in [0.5, 0.6) is 5.75 Å². The van der Waals surface area contributed by atoms with Crippen LogP contribution in [0, 0.1) is 5.92 Å². The summed E-state index contributed by atoms with van der Waals surface area (Å²) in [5.41, 5.74) is 2.66. The molecule has 1 aromatic heterocycles. The van der Waals surface area contributed by atoms with Crippen molar-refractivity contribution < 1.29 is 19.1 Å². The summed E-state index contributed by atoms with van der Waals surface area (Å²) in [5.74, 6) is 0.413. The highest BCUT2D eigenvalue weighted by Crippen LogP contribution is 2.28. The number of piperidine rings is 1. The van der Waals surface area contributed by atoms with Crippen LogP contribution in [-0.4, -0.2) is 37.0 Å². The molecule has 0 unspecified atom stereocenters. The van der Waals surface area contributed by atoms with E-state index in [1.165, 1.54) is 7.11 Å². The van der Waals surface area contributed by atoms with Gasteiger partial charge < -0.3 is 14.4 Å². The number of amides is 1. The molecule has 0 spiro atoms. The molecule has 170 valence electrons. The maximum atomic E-state index is 13.5. The number of hydrogen-bond acceptors (Lipinski definition) is 5. The molecular formula is C27H27NO4S. The van der Waals surface area contributed by atoms with Crippen LogP contribution in [0.1, 0.15) is 28.8 Å². The maximum Gasteiger partial charge on any atom is 0.308 e. The molecule has 6 heteroatoms.